The van der Waals surface area contributed by atoms with E-state index in [1.807, 2.05) is 6.92 Å². The van der Waals surface area contributed by atoms with E-state index < -0.39 is 0 Å². The summed E-state index contributed by atoms with van der Waals surface area (Å²) in [6, 6.07) is 8.73. The lowest BCUT2D eigenvalue weighted by Crippen LogP contribution is -2.44. The van der Waals surface area contributed by atoms with E-state index in [-0.39, 0.29) is 0 Å². The van der Waals surface area contributed by atoms with Crippen LogP contribution in [0.4, 0.5) is 0 Å². The first-order valence-electron chi connectivity index (χ1n) is 7.60. The molecule has 1 aromatic carbocycles. The molecule has 1 saturated carbocycles. The van der Waals surface area contributed by atoms with Gasteiger partial charge in [-0.2, -0.15) is 0 Å². The second-order valence-corrected chi connectivity index (χ2v) is 6.12. The maximum atomic E-state index is 5.52. The number of hydrogen-bond donors (Lipinski definition) is 1. The van der Waals surface area contributed by atoms with Crippen molar-refractivity contribution in [2.45, 2.75) is 45.4 Å². The lowest BCUT2D eigenvalue weighted by molar-refractivity contribution is 0.231. The van der Waals surface area contributed by atoms with Crippen LogP contribution in [0.25, 0.3) is 0 Å². The second-order valence-electron chi connectivity index (χ2n) is 6.12. The molecule has 0 atom stereocenters. The van der Waals surface area contributed by atoms with Crippen LogP contribution in [0.2, 0.25) is 0 Å². The molecule has 0 aromatic heterocycles. The summed E-state index contributed by atoms with van der Waals surface area (Å²) in [5.74, 6) is 1.70. The van der Waals surface area contributed by atoms with Crippen LogP contribution in [0.15, 0.2) is 24.3 Å². The molecule has 1 aliphatic rings. The average Bonchev–Trinajstić information content (AvgIpc) is 2.34. The van der Waals surface area contributed by atoms with Crippen LogP contribution in [0.5, 0.6) is 5.75 Å². The van der Waals surface area contributed by atoms with Gasteiger partial charge in [0, 0.05) is 12.0 Å². The van der Waals surface area contributed by atoms with Crippen LogP contribution in [0, 0.1) is 5.92 Å². The highest BCUT2D eigenvalue weighted by Crippen LogP contribution is 2.43. The van der Waals surface area contributed by atoms with Crippen molar-refractivity contribution in [3.05, 3.63) is 29.8 Å². The van der Waals surface area contributed by atoms with Gasteiger partial charge in [0.05, 0.1) is 6.61 Å². The summed E-state index contributed by atoms with van der Waals surface area (Å²) in [7, 11) is 0. The molecule has 0 unspecified atom stereocenters. The molecule has 1 N–H and O–H groups in total. The van der Waals surface area contributed by atoms with Crippen molar-refractivity contribution in [2.24, 2.45) is 5.92 Å². The predicted octanol–water partition coefficient (Wildman–Crippen LogP) is 3.75. The van der Waals surface area contributed by atoms with Crippen molar-refractivity contribution in [3.8, 4) is 5.75 Å². The maximum Gasteiger partial charge on any atom is 0.119 e. The summed E-state index contributed by atoms with van der Waals surface area (Å²) in [4.78, 5) is 0. The van der Waals surface area contributed by atoms with Crippen molar-refractivity contribution in [1.29, 1.82) is 0 Å². The molecule has 0 spiro atoms. The minimum absolute atomic E-state index is 0.375. The van der Waals surface area contributed by atoms with Gasteiger partial charge in [0.2, 0.25) is 0 Å². The van der Waals surface area contributed by atoms with Crippen molar-refractivity contribution in [3.63, 3.8) is 0 Å². The van der Waals surface area contributed by atoms with Crippen LogP contribution < -0.4 is 10.1 Å². The summed E-state index contributed by atoms with van der Waals surface area (Å²) >= 11 is 0. The SMILES string of the molecule is CCOc1ccc(C2(CNCC(C)C)CCC2)cc1. The van der Waals surface area contributed by atoms with Crippen LogP contribution in [-0.2, 0) is 5.41 Å². The van der Waals surface area contributed by atoms with Gasteiger partial charge in [-0.1, -0.05) is 32.4 Å². The minimum atomic E-state index is 0.375. The molecule has 106 valence electrons. The van der Waals surface area contributed by atoms with Gasteiger partial charge in [-0.05, 0) is 49.9 Å². The molecule has 0 aliphatic heterocycles. The zero-order valence-electron chi connectivity index (χ0n) is 12.5. The Bertz CT molecular complexity index is 379. The third-order valence-corrected chi connectivity index (χ3v) is 4.10. The number of rotatable bonds is 7. The van der Waals surface area contributed by atoms with Gasteiger partial charge >= 0.3 is 0 Å². The zero-order valence-corrected chi connectivity index (χ0v) is 12.5. The number of benzene rings is 1. The summed E-state index contributed by atoms with van der Waals surface area (Å²) in [5, 5.41) is 3.63. The monoisotopic (exact) mass is 261 g/mol. The van der Waals surface area contributed by atoms with E-state index in [4.69, 9.17) is 4.74 Å². The third-order valence-electron chi connectivity index (χ3n) is 4.10. The van der Waals surface area contributed by atoms with Gasteiger partial charge in [-0.15, -0.1) is 0 Å². The molecular formula is C17H27NO. The molecule has 0 amide bonds. The molecule has 0 radical (unpaired) electrons. The Kier molecular flexibility index (Phi) is 4.87. The first-order valence-corrected chi connectivity index (χ1v) is 7.60. The van der Waals surface area contributed by atoms with Gasteiger partial charge in [-0.3, -0.25) is 0 Å². The fourth-order valence-corrected chi connectivity index (χ4v) is 2.84. The Morgan fingerprint density at radius 2 is 1.89 bits per heavy atom. The van der Waals surface area contributed by atoms with E-state index in [2.05, 4.69) is 43.4 Å². The quantitative estimate of drug-likeness (QED) is 0.807. The maximum absolute atomic E-state index is 5.52. The van der Waals surface area contributed by atoms with E-state index in [0.29, 0.717) is 5.41 Å². The largest absolute Gasteiger partial charge is 0.494 e. The standard InChI is InChI=1S/C17H27NO/c1-4-19-16-8-6-15(7-9-16)17(10-5-11-17)13-18-12-14(2)3/h6-9,14,18H,4-5,10-13H2,1-3H3. The van der Waals surface area contributed by atoms with Gasteiger partial charge in [0.1, 0.15) is 5.75 Å². The van der Waals surface area contributed by atoms with Gasteiger partial charge < -0.3 is 10.1 Å². The molecule has 19 heavy (non-hydrogen) atoms. The Labute approximate surface area is 117 Å². The highest BCUT2D eigenvalue weighted by molar-refractivity contribution is 5.34. The summed E-state index contributed by atoms with van der Waals surface area (Å²) in [5.41, 5.74) is 1.85. The van der Waals surface area contributed by atoms with E-state index >= 15 is 0 Å². The summed E-state index contributed by atoms with van der Waals surface area (Å²) in [6.07, 6.45) is 3.98. The number of nitrogens with one attached hydrogen (secondary N) is 1. The molecule has 1 aromatic rings. The predicted molar refractivity (Wildman–Crippen MR) is 80.8 cm³/mol. The Morgan fingerprint density at radius 3 is 2.37 bits per heavy atom. The van der Waals surface area contributed by atoms with Gasteiger partial charge in [0.25, 0.3) is 0 Å². The lowest BCUT2D eigenvalue weighted by Gasteiger charge is -2.43. The Balaban J connectivity index is 1.99. The van der Waals surface area contributed by atoms with Crippen LogP contribution >= 0.6 is 0 Å². The van der Waals surface area contributed by atoms with Crippen LogP contribution in [-0.4, -0.2) is 19.7 Å². The normalized spacial score (nSPS) is 17.3. The average molecular weight is 261 g/mol. The summed E-state index contributed by atoms with van der Waals surface area (Å²) in [6.45, 7) is 9.50. The lowest BCUT2D eigenvalue weighted by atomic mass is 9.64. The molecule has 0 bridgehead atoms. The molecule has 2 rings (SSSR count). The first-order chi connectivity index (χ1) is 9.16. The molecular weight excluding hydrogens is 234 g/mol. The van der Waals surface area contributed by atoms with Crippen molar-refractivity contribution < 1.29 is 4.74 Å². The van der Waals surface area contributed by atoms with Crippen LogP contribution in [0.1, 0.15) is 45.6 Å². The van der Waals surface area contributed by atoms with Gasteiger partial charge in [-0.25, -0.2) is 0 Å². The van der Waals surface area contributed by atoms with Crippen molar-refractivity contribution in [1.82, 2.24) is 5.32 Å². The fourth-order valence-electron chi connectivity index (χ4n) is 2.84. The molecule has 0 heterocycles. The van der Waals surface area contributed by atoms with E-state index in [1.54, 1.807) is 0 Å². The molecule has 1 aliphatic carbocycles. The van der Waals surface area contributed by atoms with Gasteiger partial charge in [0.15, 0.2) is 0 Å². The first kappa shape index (κ1) is 14.4. The van der Waals surface area contributed by atoms with E-state index in [9.17, 15) is 0 Å². The van der Waals surface area contributed by atoms with Crippen molar-refractivity contribution >= 4 is 0 Å². The highest BCUT2D eigenvalue weighted by atomic mass is 16.5. The fraction of sp³-hybridized carbons (Fsp3) is 0.647. The number of hydrogen-bond acceptors (Lipinski definition) is 2. The smallest absolute Gasteiger partial charge is 0.119 e. The number of ether oxygens (including phenoxy) is 1. The molecule has 0 saturated heterocycles. The molecule has 2 heteroatoms. The molecule has 2 nitrogen and oxygen atoms in total. The zero-order chi connectivity index (χ0) is 13.7. The van der Waals surface area contributed by atoms with Crippen LogP contribution in [0.3, 0.4) is 0 Å². The third kappa shape index (κ3) is 3.50. The Morgan fingerprint density at radius 1 is 1.21 bits per heavy atom. The van der Waals surface area contributed by atoms with E-state index in [1.165, 1.54) is 24.8 Å². The molecule has 1 fully saturated rings. The Hall–Kier alpha value is -1.02. The minimum Gasteiger partial charge on any atom is -0.494 e. The highest BCUT2D eigenvalue weighted by Gasteiger charge is 2.38. The van der Waals surface area contributed by atoms with Crippen molar-refractivity contribution in [2.75, 3.05) is 19.7 Å². The topological polar surface area (TPSA) is 21.3 Å². The second kappa shape index (κ2) is 6.42. The summed E-state index contributed by atoms with van der Waals surface area (Å²) < 4.78 is 5.52. The van der Waals surface area contributed by atoms with E-state index in [0.717, 1.165) is 31.4 Å².